The minimum atomic E-state index is -0.705. The van der Waals surface area contributed by atoms with Crippen molar-refractivity contribution in [3.63, 3.8) is 0 Å². The van der Waals surface area contributed by atoms with Crippen molar-refractivity contribution < 1.29 is 14.3 Å². The van der Waals surface area contributed by atoms with Crippen LogP contribution in [0.4, 0.5) is 0 Å². The van der Waals surface area contributed by atoms with Gasteiger partial charge in [-0.3, -0.25) is 9.59 Å². The number of carbonyl (C=O) groups is 2. The summed E-state index contributed by atoms with van der Waals surface area (Å²) >= 11 is 7.13. The topological polar surface area (TPSA) is 58.6 Å². The summed E-state index contributed by atoms with van der Waals surface area (Å²) in [6.07, 6.45) is 1.19. The number of halogens is 2. The molecule has 1 N–H and O–H groups in total. The smallest absolute Gasteiger partial charge is 0.261 e. The number of hydrogen-bond donors (Lipinski definition) is 1. The van der Waals surface area contributed by atoms with Crippen LogP contribution in [0.15, 0.2) is 81.7 Å². The van der Waals surface area contributed by atoms with Crippen LogP contribution in [0.2, 0.25) is 0 Å². The Bertz CT molecular complexity index is 1260. The normalized spacial score (nSPS) is 12.9. The lowest BCUT2D eigenvalue weighted by Crippen LogP contribution is -2.53. The van der Waals surface area contributed by atoms with Gasteiger partial charge in [0.1, 0.15) is 11.8 Å². The van der Waals surface area contributed by atoms with E-state index >= 15 is 0 Å². The van der Waals surface area contributed by atoms with E-state index in [9.17, 15) is 9.59 Å². The zero-order valence-corrected chi connectivity index (χ0v) is 26.5. The monoisotopic (exact) mass is 656 g/mol. The second-order valence-corrected chi connectivity index (χ2v) is 12.6. The summed E-state index contributed by atoms with van der Waals surface area (Å²) in [7, 11) is 0. The molecule has 7 heteroatoms. The van der Waals surface area contributed by atoms with Gasteiger partial charge in [0.15, 0.2) is 6.61 Å². The third kappa shape index (κ3) is 9.21. The van der Waals surface area contributed by atoms with Gasteiger partial charge in [-0.15, -0.1) is 0 Å². The Morgan fingerprint density at radius 1 is 0.949 bits per heavy atom. The van der Waals surface area contributed by atoms with Gasteiger partial charge in [0.05, 0.1) is 4.47 Å². The largest absolute Gasteiger partial charge is 0.483 e. The quantitative estimate of drug-likeness (QED) is 0.233. The highest BCUT2D eigenvalue weighted by Crippen LogP contribution is 2.31. The number of nitrogens with zero attached hydrogens (tertiary/aromatic N) is 1. The molecule has 39 heavy (non-hydrogen) atoms. The summed E-state index contributed by atoms with van der Waals surface area (Å²) < 4.78 is 7.71. The number of rotatable bonds is 11. The predicted molar refractivity (Wildman–Crippen MR) is 165 cm³/mol. The molecule has 0 aliphatic carbocycles. The average molecular weight is 658 g/mol. The maximum absolute atomic E-state index is 13.8. The van der Waals surface area contributed by atoms with E-state index in [1.807, 2.05) is 86.6 Å². The molecular formula is C32H38Br2N2O3. The van der Waals surface area contributed by atoms with Gasteiger partial charge in [-0.2, -0.15) is 0 Å². The van der Waals surface area contributed by atoms with Crippen LogP contribution in [-0.2, 0) is 28.0 Å². The van der Waals surface area contributed by atoms with Crippen molar-refractivity contribution in [2.75, 3.05) is 6.61 Å². The SMILES string of the molecule is CC[C@H](C)NC(=O)[C@H](Cc1ccccc1)N(Cc1cccc(Br)c1)C(=O)COc1ccc(C(C)(C)C)cc1Br. The van der Waals surface area contributed by atoms with E-state index in [1.165, 1.54) is 0 Å². The van der Waals surface area contributed by atoms with Crippen LogP contribution in [0.3, 0.4) is 0 Å². The molecule has 0 radical (unpaired) electrons. The second kappa shape index (κ2) is 14.1. The zero-order valence-electron chi connectivity index (χ0n) is 23.3. The minimum absolute atomic E-state index is 0.00729. The van der Waals surface area contributed by atoms with Crippen LogP contribution in [0, 0.1) is 0 Å². The highest BCUT2D eigenvalue weighted by molar-refractivity contribution is 9.10. The lowest BCUT2D eigenvalue weighted by atomic mass is 9.87. The van der Waals surface area contributed by atoms with Crippen molar-refractivity contribution in [1.82, 2.24) is 10.2 Å². The first-order chi connectivity index (χ1) is 18.5. The van der Waals surface area contributed by atoms with Gasteiger partial charge in [0.2, 0.25) is 5.91 Å². The summed E-state index contributed by atoms with van der Waals surface area (Å²) in [5.41, 5.74) is 3.05. The van der Waals surface area contributed by atoms with Gasteiger partial charge in [0, 0.05) is 23.5 Å². The third-order valence-electron chi connectivity index (χ3n) is 6.66. The maximum atomic E-state index is 13.8. The van der Waals surface area contributed by atoms with E-state index in [0.717, 1.165) is 32.1 Å². The maximum Gasteiger partial charge on any atom is 0.261 e. The fourth-order valence-corrected chi connectivity index (χ4v) is 5.07. The Morgan fingerprint density at radius 2 is 1.64 bits per heavy atom. The second-order valence-electron chi connectivity index (χ2n) is 10.9. The van der Waals surface area contributed by atoms with Crippen molar-refractivity contribution in [1.29, 1.82) is 0 Å². The number of amides is 2. The molecule has 0 saturated carbocycles. The summed E-state index contributed by atoms with van der Waals surface area (Å²) in [5, 5.41) is 3.10. The van der Waals surface area contributed by atoms with E-state index in [0.29, 0.717) is 12.2 Å². The average Bonchev–Trinajstić information content (AvgIpc) is 2.89. The van der Waals surface area contributed by atoms with Crippen LogP contribution in [0.5, 0.6) is 5.75 Å². The molecular weight excluding hydrogens is 620 g/mol. The summed E-state index contributed by atoms with van der Waals surface area (Å²) in [6, 6.07) is 22.8. The molecule has 3 rings (SSSR count). The molecule has 0 saturated heterocycles. The van der Waals surface area contributed by atoms with E-state index < -0.39 is 6.04 Å². The molecule has 3 aromatic carbocycles. The van der Waals surface area contributed by atoms with Crippen LogP contribution < -0.4 is 10.1 Å². The van der Waals surface area contributed by atoms with Gasteiger partial charge in [-0.1, -0.05) is 92.2 Å². The van der Waals surface area contributed by atoms with Crippen molar-refractivity contribution in [3.8, 4) is 5.75 Å². The van der Waals surface area contributed by atoms with Crippen LogP contribution in [0.1, 0.15) is 57.7 Å². The minimum Gasteiger partial charge on any atom is -0.483 e. The van der Waals surface area contributed by atoms with Crippen LogP contribution >= 0.6 is 31.9 Å². The predicted octanol–water partition coefficient (Wildman–Crippen LogP) is 7.44. The molecule has 3 aromatic rings. The number of carbonyl (C=O) groups excluding carboxylic acids is 2. The lowest BCUT2D eigenvalue weighted by molar-refractivity contribution is -0.143. The van der Waals surface area contributed by atoms with E-state index in [1.54, 1.807) is 4.90 Å². The number of hydrogen-bond acceptors (Lipinski definition) is 3. The Morgan fingerprint density at radius 3 is 2.26 bits per heavy atom. The number of nitrogens with one attached hydrogen (secondary N) is 1. The standard InChI is InChI=1S/C32H38Br2N2O3/c1-6-22(2)35-31(38)28(18-23-11-8-7-9-12-23)36(20-24-13-10-14-26(33)17-24)30(37)21-39-29-16-15-25(19-27(29)34)32(3,4)5/h7-17,19,22,28H,6,18,20-21H2,1-5H3,(H,35,38)/t22-,28-/m0/s1. The summed E-state index contributed by atoms with van der Waals surface area (Å²) in [5.74, 6) is 0.150. The van der Waals surface area contributed by atoms with Gasteiger partial charge < -0.3 is 15.0 Å². The fourth-order valence-electron chi connectivity index (χ4n) is 4.13. The first-order valence-electron chi connectivity index (χ1n) is 13.3. The van der Waals surface area contributed by atoms with Crippen molar-refractivity contribution in [2.24, 2.45) is 0 Å². The fraction of sp³-hybridized carbons (Fsp3) is 0.375. The summed E-state index contributed by atoms with van der Waals surface area (Å²) in [4.78, 5) is 29.1. The van der Waals surface area contributed by atoms with E-state index in [-0.39, 0.29) is 36.4 Å². The van der Waals surface area contributed by atoms with E-state index in [2.05, 4.69) is 57.9 Å². The number of benzene rings is 3. The lowest BCUT2D eigenvalue weighted by Gasteiger charge is -2.32. The molecule has 0 spiro atoms. The van der Waals surface area contributed by atoms with Gasteiger partial charge >= 0.3 is 0 Å². The molecule has 2 amide bonds. The van der Waals surface area contributed by atoms with E-state index in [4.69, 9.17) is 4.74 Å². The van der Waals surface area contributed by atoms with Gasteiger partial charge in [0.25, 0.3) is 5.91 Å². The molecule has 0 aromatic heterocycles. The Kier molecular flexibility index (Phi) is 11.2. The highest BCUT2D eigenvalue weighted by Gasteiger charge is 2.31. The van der Waals surface area contributed by atoms with Gasteiger partial charge in [-0.05, 0) is 75.6 Å². The number of ether oxygens (including phenoxy) is 1. The Labute approximate surface area is 249 Å². The molecule has 0 aliphatic rings. The molecule has 5 nitrogen and oxygen atoms in total. The first-order valence-corrected chi connectivity index (χ1v) is 14.9. The zero-order chi connectivity index (χ0) is 28.6. The summed E-state index contributed by atoms with van der Waals surface area (Å²) in [6.45, 7) is 10.5. The first kappa shape index (κ1) is 30.9. The molecule has 208 valence electrons. The Balaban J connectivity index is 1.92. The highest BCUT2D eigenvalue weighted by atomic mass is 79.9. The van der Waals surface area contributed by atoms with Crippen LogP contribution in [0.25, 0.3) is 0 Å². The van der Waals surface area contributed by atoms with Crippen molar-refractivity contribution in [2.45, 2.75) is 71.5 Å². The molecule has 0 bridgehead atoms. The third-order valence-corrected chi connectivity index (χ3v) is 7.78. The Hall–Kier alpha value is -2.64. The van der Waals surface area contributed by atoms with Crippen molar-refractivity contribution >= 4 is 43.7 Å². The molecule has 0 heterocycles. The molecule has 0 fully saturated rings. The molecule has 2 atom stereocenters. The van der Waals surface area contributed by atoms with Crippen LogP contribution in [-0.4, -0.2) is 35.4 Å². The molecule has 0 unspecified atom stereocenters. The van der Waals surface area contributed by atoms with Crippen molar-refractivity contribution in [3.05, 3.63) is 98.4 Å². The molecule has 0 aliphatic heterocycles. The van der Waals surface area contributed by atoms with Gasteiger partial charge in [-0.25, -0.2) is 0 Å².